The largest absolute Gasteiger partial charge is 0.481 e. The Labute approximate surface area is 203 Å². The smallest absolute Gasteiger partial charge is 0.308 e. The third-order valence-electron chi connectivity index (χ3n) is 11.5. The van der Waals surface area contributed by atoms with Gasteiger partial charge in [-0.25, -0.2) is 0 Å². The SMILES string of the molecule is CC(C(=O)O)C(O)CC[C@@H](C)[C@H]1CC[C@H]2[C@@H]3[C@H](O)C[C@@H]4C[C@H](O)C[C@@H](O)[C@]4(C)[C@H]3C[C@H](O)[C@]12C. The maximum absolute atomic E-state index is 11.6. The van der Waals surface area contributed by atoms with Crippen molar-refractivity contribution in [3.63, 3.8) is 0 Å². The molecule has 4 saturated carbocycles. The highest BCUT2D eigenvalue weighted by atomic mass is 16.4. The lowest BCUT2D eigenvalue weighted by Crippen LogP contribution is -2.65. The van der Waals surface area contributed by atoms with Gasteiger partial charge in [0.05, 0.1) is 36.4 Å². The van der Waals surface area contributed by atoms with Crippen LogP contribution in [0, 0.1) is 52.3 Å². The van der Waals surface area contributed by atoms with Gasteiger partial charge in [-0.3, -0.25) is 4.79 Å². The minimum absolute atomic E-state index is 0.0177. The Morgan fingerprint density at radius 3 is 2.18 bits per heavy atom. The van der Waals surface area contributed by atoms with E-state index in [1.54, 1.807) is 0 Å². The molecule has 14 atom stereocenters. The van der Waals surface area contributed by atoms with Crippen LogP contribution in [0.3, 0.4) is 0 Å². The molecule has 0 aliphatic heterocycles. The van der Waals surface area contributed by atoms with Crippen LogP contribution in [0.1, 0.15) is 79.1 Å². The molecule has 7 heteroatoms. The molecule has 0 aromatic carbocycles. The highest BCUT2D eigenvalue weighted by molar-refractivity contribution is 5.70. The van der Waals surface area contributed by atoms with Gasteiger partial charge in [0.25, 0.3) is 0 Å². The molecule has 0 saturated heterocycles. The zero-order valence-corrected chi connectivity index (χ0v) is 21.2. The standard InChI is InChI=1S/C27H46O7/c1-13(5-8-20(29)14(2)25(33)34)17-6-7-18-24-19(12-23(32)27(17,18)4)26(3)15(10-21(24)30)9-16(28)11-22(26)31/h13-24,28-32H,5-12H2,1-4H3,(H,33,34)/t13-,14?,15+,16+,17-,18+,19+,20?,21-,22-,23+,24+,26+,27-/m1/s1. The molecule has 34 heavy (non-hydrogen) atoms. The van der Waals surface area contributed by atoms with E-state index in [2.05, 4.69) is 20.8 Å². The summed E-state index contributed by atoms with van der Waals surface area (Å²) in [5.41, 5.74) is -0.764. The molecule has 4 fully saturated rings. The third kappa shape index (κ3) is 3.94. The summed E-state index contributed by atoms with van der Waals surface area (Å²) >= 11 is 0. The lowest BCUT2D eigenvalue weighted by molar-refractivity contribution is -0.234. The van der Waals surface area contributed by atoms with Gasteiger partial charge < -0.3 is 30.6 Å². The molecule has 0 aromatic heterocycles. The summed E-state index contributed by atoms with van der Waals surface area (Å²) in [4.78, 5) is 11.2. The van der Waals surface area contributed by atoms with Crippen molar-refractivity contribution in [1.82, 2.24) is 0 Å². The van der Waals surface area contributed by atoms with E-state index in [-0.39, 0.29) is 40.9 Å². The average Bonchev–Trinajstić information content (AvgIpc) is 3.12. The summed E-state index contributed by atoms with van der Waals surface area (Å²) in [6.45, 7) is 7.97. The molecule has 196 valence electrons. The van der Waals surface area contributed by atoms with Gasteiger partial charge in [-0.1, -0.05) is 20.8 Å². The van der Waals surface area contributed by atoms with Crippen molar-refractivity contribution in [2.45, 2.75) is 110 Å². The Balaban J connectivity index is 1.54. The van der Waals surface area contributed by atoms with E-state index in [0.717, 1.165) is 12.8 Å². The maximum atomic E-state index is 11.6. The molecule has 7 nitrogen and oxygen atoms in total. The number of hydrogen-bond acceptors (Lipinski definition) is 6. The van der Waals surface area contributed by atoms with Crippen molar-refractivity contribution in [3.05, 3.63) is 0 Å². The highest BCUT2D eigenvalue weighted by Crippen LogP contribution is 2.68. The van der Waals surface area contributed by atoms with E-state index in [1.165, 1.54) is 6.92 Å². The maximum Gasteiger partial charge on any atom is 0.308 e. The number of hydrogen-bond donors (Lipinski definition) is 6. The molecule has 0 heterocycles. The monoisotopic (exact) mass is 482 g/mol. The average molecular weight is 483 g/mol. The first kappa shape index (κ1) is 26.3. The zero-order valence-electron chi connectivity index (χ0n) is 21.2. The second kappa shape index (κ2) is 9.29. The van der Waals surface area contributed by atoms with Crippen LogP contribution in [0.5, 0.6) is 0 Å². The fraction of sp³-hybridized carbons (Fsp3) is 0.963. The van der Waals surface area contributed by atoms with Crippen LogP contribution in [0.4, 0.5) is 0 Å². The highest BCUT2D eigenvalue weighted by Gasteiger charge is 2.67. The number of carbonyl (C=O) groups is 1. The van der Waals surface area contributed by atoms with Gasteiger partial charge in [-0.2, -0.15) is 0 Å². The van der Waals surface area contributed by atoms with Gasteiger partial charge in [0.1, 0.15) is 0 Å². The molecular weight excluding hydrogens is 436 g/mol. The first-order valence-corrected chi connectivity index (χ1v) is 13.5. The normalized spacial score (nSPS) is 51.0. The third-order valence-corrected chi connectivity index (χ3v) is 11.5. The summed E-state index contributed by atoms with van der Waals surface area (Å²) in [6.07, 6.45) is 2.01. The van der Waals surface area contributed by atoms with Crippen molar-refractivity contribution in [3.8, 4) is 0 Å². The topological polar surface area (TPSA) is 138 Å². The molecule has 0 bridgehead atoms. The molecule has 6 N–H and O–H groups in total. The van der Waals surface area contributed by atoms with Crippen LogP contribution in [-0.2, 0) is 4.79 Å². The number of carboxylic acids is 1. The number of aliphatic carboxylic acids is 1. The Hall–Kier alpha value is -0.730. The number of aliphatic hydroxyl groups is 5. The Kier molecular flexibility index (Phi) is 7.20. The van der Waals surface area contributed by atoms with Gasteiger partial charge in [-0.15, -0.1) is 0 Å². The van der Waals surface area contributed by atoms with E-state index in [9.17, 15) is 35.4 Å². The quantitative estimate of drug-likeness (QED) is 0.342. The van der Waals surface area contributed by atoms with Crippen LogP contribution in [0.2, 0.25) is 0 Å². The van der Waals surface area contributed by atoms with E-state index in [1.807, 2.05) is 0 Å². The van der Waals surface area contributed by atoms with E-state index < -0.39 is 47.8 Å². The van der Waals surface area contributed by atoms with Crippen LogP contribution in [-0.4, -0.2) is 67.1 Å². The summed E-state index contributed by atoms with van der Waals surface area (Å²) in [7, 11) is 0. The van der Waals surface area contributed by atoms with Crippen LogP contribution < -0.4 is 0 Å². The predicted octanol–water partition coefficient (Wildman–Crippen LogP) is 2.42. The van der Waals surface area contributed by atoms with Crippen molar-refractivity contribution < 1.29 is 35.4 Å². The molecule has 0 radical (unpaired) electrons. The van der Waals surface area contributed by atoms with Gasteiger partial charge >= 0.3 is 5.97 Å². The first-order valence-electron chi connectivity index (χ1n) is 13.5. The van der Waals surface area contributed by atoms with Crippen molar-refractivity contribution in [1.29, 1.82) is 0 Å². The summed E-state index contributed by atoms with van der Waals surface area (Å²) in [5.74, 6) is -1.09. The first-order chi connectivity index (χ1) is 15.8. The van der Waals surface area contributed by atoms with Crippen molar-refractivity contribution in [2.75, 3.05) is 0 Å². The minimum atomic E-state index is -0.989. The Morgan fingerprint density at radius 2 is 1.53 bits per heavy atom. The summed E-state index contributed by atoms with van der Waals surface area (Å²) in [5, 5.41) is 63.8. The van der Waals surface area contributed by atoms with Crippen LogP contribution >= 0.6 is 0 Å². The molecule has 0 spiro atoms. The number of aliphatic hydroxyl groups excluding tert-OH is 5. The van der Waals surface area contributed by atoms with Crippen molar-refractivity contribution >= 4 is 5.97 Å². The second-order valence-corrected chi connectivity index (χ2v) is 12.8. The number of fused-ring (bicyclic) bond motifs is 5. The Morgan fingerprint density at radius 1 is 0.882 bits per heavy atom. The van der Waals surface area contributed by atoms with Crippen LogP contribution in [0.25, 0.3) is 0 Å². The fourth-order valence-corrected chi connectivity index (χ4v) is 9.25. The van der Waals surface area contributed by atoms with Crippen LogP contribution in [0.15, 0.2) is 0 Å². The second-order valence-electron chi connectivity index (χ2n) is 12.8. The molecule has 0 amide bonds. The molecule has 0 aromatic rings. The number of carboxylic acid groups (broad SMARTS) is 1. The van der Waals surface area contributed by atoms with Gasteiger partial charge in [0.2, 0.25) is 0 Å². The van der Waals surface area contributed by atoms with E-state index in [0.29, 0.717) is 38.5 Å². The number of rotatable bonds is 6. The molecular formula is C27H46O7. The predicted molar refractivity (Wildman–Crippen MR) is 127 cm³/mol. The lowest BCUT2D eigenvalue weighted by atomic mass is 9.42. The molecule has 4 rings (SSSR count). The van der Waals surface area contributed by atoms with Gasteiger partial charge in [-0.05, 0) is 105 Å². The zero-order chi connectivity index (χ0) is 25.2. The van der Waals surface area contributed by atoms with Gasteiger partial charge in [0.15, 0.2) is 0 Å². The van der Waals surface area contributed by atoms with E-state index in [4.69, 9.17) is 0 Å². The molecule has 4 aliphatic carbocycles. The fourth-order valence-electron chi connectivity index (χ4n) is 9.25. The molecule has 2 unspecified atom stereocenters. The van der Waals surface area contributed by atoms with E-state index >= 15 is 0 Å². The summed E-state index contributed by atoms with van der Waals surface area (Å²) in [6, 6.07) is 0. The summed E-state index contributed by atoms with van der Waals surface area (Å²) < 4.78 is 0. The molecule has 4 aliphatic rings. The van der Waals surface area contributed by atoms with Gasteiger partial charge in [0, 0.05) is 0 Å². The minimum Gasteiger partial charge on any atom is -0.481 e. The lowest BCUT2D eigenvalue weighted by Gasteiger charge is -2.64. The Bertz CT molecular complexity index is 759. The van der Waals surface area contributed by atoms with Crippen molar-refractivity contribution in [2.24, 2.45) is 52.3 Å².